The van der Waals surface area contributed by atoms with Crippen molar-refractivity contribution in [3.8, 4) is 0 Å². The van der Waals surface area contributed by atoms with E-state index < -0.39 is 0 Å². The highest BCUT2D eigenvalue weighted by Gasteiger charge is 1.99. The summed E-state index contributed by atoms with van der Waals surface area (Å²) in [5, 5.41) is 1.19. The molecule has 1 aromatic heterocycles. The maximum atomic E-state index is 5.57. The van der Waals surface area contributed by atoms with Crippen LogP contribution < -0.4 is 10.6 Å². The molecule has 0 fully saturated rings. The standard InChI is InChI=1S/C12H16O.C2H6/c1-5-7-8-11-9(3)10(4)13-12(11)6-2;1-2/h5-8H,1-4H3;1-2H3/b7-5-,11-8-,12-6+;. The van der Waals surface area contributed by atoms with Crippen LogP contribution in [-0.4, -0.2) is 0 Å². The van der Waals surface area contributed by atoms with Crippen LogP contribution in [0.5, 0.6) is 0 Å². The van der Waals surface area contributed by atoms with E-state index in [9.17, 15) is 0 Å². The predicted octanol–water partition coefficient (Wildman–Crippen LogP) is 3.08. The zero-order valence-electron chi connectivity index (χ0n) is 10.7. The summed E-state index contributed by atoms with van der Waals surface area (Å²) in [7, 11) is 0. The van der Waals surface area contributed by atoms with Gasteiger partial charge in [0.25, 0.3) is 0 Å². The summed E-state index contributed by atoms with van der Waals surface area (Å²) in [4.78, 5) is 0. The first-order valence-corrected chi connectivity index (χ1v) is 5.56. The monoisotopic (exact) mass is 206 g/mol. The molecule has 1 heterocycles. The predicted molar refractivity (Wildman–Crippen MR) is 68.2 cm³/mol. The molecule has 0 unspecified atom stereocenters. The van der Waals surface area contributed by atoms with Gasteiger partial charge in [-0.15, -0.1) is 0 Å². The quantitative estimate of drug-likeness (QED) is 0.688. The van der Waals surface area contributed by atoms with Crippen LogP contribution in [0.25, 0.3) is 12.2 Å². The summed E-state index contributed by atoms with van der Waals surface area (Å²) in [5.41, 5.74) is 2.19. The highest BCUT2D eigenvalue weighted by molar-refractivity contribution is 5.41. The molecule has 0 aliphatic heterocycles. The Balaban J connectivity index is 0.000000921. The van der Waals surface area contributed by atoms with Gasteiger partial charge in [0.15, 0.2) is 0 Å². The van der Waals surface area contributed by atoms with Gasteiger partial charge < -0.3 is 4.42 Å². The highest BCUT2D eigenvalue weighted by atomic mass is 16.3. The summed E-state index contributed by atoms with van der Waals surface area (Å²) in [6.07, 6.45) is 8.13. The van der Waals surface area contributed by atoms with Crippen LogP contribution >= 0.6 is 0 Å². The molecule has 0 atom stereocenters. The Morgan fingerprint density at radius 2 is 1.67 bits per heavy atom. The maximum Gasteiger partial charge on any atom is 0.130 e. The minimum Gasteiger partial charge on any atom is -0.461 e. The molecule has 0 aliphatic rings. The van der Waals surface area contributed by atoms with E-state index in [4.69, 9.17) is 4.42 Å². The summed E-state index contributed by atoms with van der Waals surface area (Å²) in [6.45, 7) is 12.1. The number of hydrogen-bond donors (Lipinski definition) is 0. The minimum atomic E-state index is 0.966. The van der Waals surface area contributed by atoms with Crippen LogP contribution in [0.3, 0.4) is 0 Å². The van der Waals surface area contributed by atoms with Crippen molar-refractivity contribution in [2.75, 3.05) is 0 Å². The molecule has 0 spiro atoms. The first-order chi connectivity index (χ1) is 7.20. The molecule has 0 aliphatic carbocycles. The molecule has 0 amide bonds. The van der Waals surface area contributed by atoms with Crippen LogP contribution in [-0.2, 0) is 0 Å². The molecular weight excluding hydrogens is 184 g/mol. The van der Waals surface area contributed by atoms with Crippen molar-refractivity contribution < 1.29 is 4.42 Å². The van der Waals surface area contributed by atoms with Crippen LogP contribution in [0.1, 0.15) is 39.0 Å². The normalized spacial score (nSPS) is 13.2. The molecule has 0 saturated heterocycles. The molecule has 0 aromatic carbocycles. The van der Waals surface area contributed by atoms with E-state index >= 15 is 0 Å². The van der Waals surface area contributed by atoms with Crippen LogP contribution in [0.15, 0.2) is 16.6 Å². The van der Waals surface area contributed by atoms with Crippen LogP contribution in [0, 0.1) is 13.8 Å². The Morgan fingerprint density at radius 1 is 1.07 bits per heavy atom. The van der Waals surface area contributed by atoms with Crippen molar-refractivity contribution in [2.45, 2.75) is 41.5 Å². The third kappa shape index (κ3) is 3.43. The number of aryl methyl sites for hydroxylation is 1. The van der Waals surface area contributed by atoms with Crippen molar-refractivity contribution in [3.05, 3.63) is 34.1 Å². The van der Waals surface area contributed by atoms with Gasteiger partial charge in [-0.3, -0.25) is 0 Å². The van der Waals surface area contributed by atoms with Crippen molar-refractivity contribution in [2.24, 2.45) is 0 Å². The number of allylic oxidation sites excluding steroid dienone is 2. The van der Waals surface area contributed by atoms with Gasteiger partial charge in [0, 0.05) is 5.22 Å². The number of furan rings is 1. The van der Waals surface area contributed by atoms with E-state index in [1.54, 1.807) is 0 Å². The summed E-state index contributed by atoms with van der Waals surface area (Å²) >= 11 is 0. The molecule has 15 heavy (non-hydrogen) atoms. The molecule has 0 saturated carbocycles. The van der Waals surface area contributed by atoms with E-state index in [1.165, 1.54) is 10.8 Å². The fourth-order valence-corrected chi connectivity index (χ4v) is 1.28. The van der Waals surface area contributed by atoms with Gasteiger partial charge in [0.1, 0.15) is 11.2 Å². The van der Waals surface area contributed by atoms with E-state index in [2.05, 4.69) is 13.0 Å². The molecular formula is C14H22O. The molecule has 1 rings (SSSR count). The lowest BCUT2D eigenvalue weighted by atomic mass is 10.2. The average molecular weight is 206 g/mol. The number of hydrogen-bond acceptors (Lipinski definition) is 1. The molecule has 1 heteroatoms. The van der Waals surface area contributed by atoms with Gasteiger partial charge in [0.05, 0.1) is 0 Å². The Morgan fingerprint density at radius 3 is 2.13 bits per heavy atom. The zero-order valence-corrected chi connectivity index (χ0v) is 10.7. The van der Waals surface area contributed by atoms with Gasteiger partial charge in [-0.1, -0.05) is 32.1 Å². The van der Waals surface area contributed by atoms with Crippen LogP contribution in [0.2, 0.25) is 0 Å². The lowest BCUT2D eigenvalue weighted by Crippen LogP contribution is -2.20. The molecule has 1 nitrogen and oxygen atoms in total. The third-order valence-electron chi connectivity index (χ3n) is 2.18. The minimum absolute atomic E-state index is 0.966. The second-order valence-electron chi connectivity index (χ2n) is 3.04. The van der Waals surface area contributed by atoms with E-state index in [0.717, 1.165) is 11.2 Å². The molecule has 0 bridgehead atoms. The Hall–Kier alpha value is -1.24. The summed E-state index contributed by atoms with van der Waals surface area (Å²) in [5.74, 6) is 1.00. The number of rotatable bonds is 1. The van der Waals surface area contributed by atoms with E-state index in [-0.39, 0.29) is 0 Å². The lowest BCUT2D eigenvalue weighted by molar-refractivity contribution is 0.499. The second kappa shape index (κ2) is 7.10. The van der Waals surface area contributed by atoms with Gasteiger partial charge in [-0.05, 0) is 39.3 Å². The third-order valence-corrected chi connectivity index (χ3v) is 2.18. The van der Waals surface area contributed by atoms with Gasteiger partial charge in [-0.2, -0.15) is 0 Å². The summed E-state index contributed by atoms with van der Waals surface area (Å²) in [6, 6.07) is 0. The molecule has 0 radical (unpaired) electrons. The maximum absolute atomic E-state index is 5.57. The Bertz CT molecular complexity index is 419. The van der Waals surface area contributed by atoms with Crippen molar-refractivity contribution in [1.29, 1.82) is 0 Å². The van der Waals surface area contributed by atoms with Crippen molar-refractivity contribution in [3.63, 3.8) is 0 Å². The van der Waals surface area contributed by atoms with Crippen molar-refractivity contribution in [1.82, 2.24) is 0 Å². The first-order valence-electron chi connectivity index (χ1n) is 5.56. The van der Waals surface area contributed by atoms with E-state index in [1.807, 2.05) is 52.8 Å². The largest absolute Gasteiger partial charge is 0.461 e. The molecule has 84 valence electrons. The fourth-order valence-electron chi connectivity index (χ4n) is 1.28. The Labute approximate surface area is 92.8 Å². The zero-order chi connectivity index (χ0) is 11.8. The summed E-state index contributed by atoms with van der Waals surface area (Å²) < 4.78 is 5.57. The fraction of sp³-hybridized carbons (Fsp3) is 0.429. The lowest BCUT2D eigenvalue weighted by Gasteiger charge is -1.82. The topological polar surface area (TPSA) is 13.1 Å². The smallest absolute Gasteiger partial charge is 0.130 e. The molecule has 0 N–H and O–H groups in total. The molecule has 1 aromatic rings. The van der Waals surface area contributed by atoms with Gasteiger partial charge >= 0.3 is 0 Å². The first kappa shape index (κ1) is 13.8. The van der Waals surface area contributed by atoms with Crippen LogP contribution in [0.4, 0.5) is 0 Å². The average Bonchev–Trinajstić information content (AvgIpc) is 2.55. The van der Waals surface area contributed by atoms with Crippen molar-refractivity contribution >= 4 is 12.2 Å². The van der Waals surface area contributed by atoms with E-state index in [0.29, 0.717) is 0 Å². The highest BCUT2D eigenvalue weighted by Crippen LogP contribution is 1.96. The second-order valence-corrected chi connectivity index (χ2v) is 3.04. The Kier molecular flexibility index (Phi) is 6.52. The van der Waals surface area contributed by atoms with Gasteiger partial charge in [-0.25, -0.2) is 0 Å². The SMILES string of the molecule is CC.C\C=C/C=c1/c(C)c(C)o/c1=C/C. The van der Waals surface area contributed by atoms with Gasteiger partial charge in [0.2, 0.25) is 0 Å².